The van der Waals surface area contributed by atoms with Crippen LogP contribution >= 0.6 is 11.6 Å². The van der Waals surface area contributed by atoms with Crippen molar-refractivity contribution in [2.45, 2.75) is 45.4 Å². The topological polar surface area (TPSA) is 20.3 Å². The number of anilines is 1. The molecule has 3 heteroatoms. The standard InChI is InChI=1S/C16H20ClNO/c1-12-5-6-13(17)14(11-12)18-10-9-16(15(18)19)7-3-2-4-8-16/h5-6,11H,2-4,7-10H2,1H3. The highest BCUT2D eigenvalue weighted by molar-refractivity contribution is 6.34. The second-order valence-electron chi connectivity index (χ2n) is 6.00. The smallest absolute Gasteiger partial charge is 0.233 e. The third-order valence-electron chi connectivity index (χ3n) is 4.72. The van der Waals surface area contributed by atoms with E-state index in [-0.39, 0.29) is 5.41 Å². The SMILES string of the molecule is Cc1ccc(Cl)c(N2CCC3(CCCCC3)C2=O)c1. The lowest BCUT2D eigenvalue weighted by molar-refractivity contribution is -0.127. The van der Waals surface area contributed by atoms with Crippen molar-refractivity contribution in [1.82, 2.24) is 0 Å². The summed E-state index contributed by atoms with van der Waals surface area (Å²) in [6.07, 6.45) is 6.79. The average molecular weight is 278 g/mol. The first-order valence-electron chi connectivity index (χ1n) is 7.21. The Morgan fingerprint density at radius 3 is 2.63 bits per heavy atom. The highest BCUT2D eigenvalue weighted by atomic mass is 35.5. The van der Waals surface area contributed by atoms with E-state index in [1.165, 1.54) is 19.3 Å². The van der Waals surface area contributed by atoms with Gasteiger partial charge in [0, 0.05) is 6.54 Å². The number of carbonyl (C=O) groups is 1. The summed E-state index contributed by atoms with van der Waals surface area (Å²) < 4.78 is 0. The fourth-order valence-corrected chi connectivity index (χ4v) is 3.79. The first kappa shape index (κ1) is 13.0. The summed E-state index contributed by atoms with van der Waals surface area (Å²) in [5, 5.41) is 0.687. The van der Waals surface area contributed by atoms with Crippen molar-refractivity contribution in [2.75, 3.05) is 11.4 Å². The molecule has 2 nitrogen and oxygen atoms in total. The van der Waals surface area contributed by atoms with Crippen molar-refractivity contribution in [3.63, 3.8) is 0 Å². The van der Waals surface area contributed by atoms with E-state index in [1.807, 2.05) is 30.0 Å². The predicted molar refractivity (Wildman–Crippen MR) is 78.7 cm³/mol. The molecule has 0 radical (unpaired) electrons. The van der Waals surface area contributed by atoms with Gasteiger partial charge in [-0.05, 0) is 43.9 Å². The van der Waals surface area contributed by atoms with E-state index in [2.05, 4.69) is 0 Å². The molecule has 19 heavy (non-hydrogen) atoms. The van der Waals surface area contributed by atoms with Gasteiger partial charge in [-0.25, -0.2) is 0 Å². The number of aryl methyl sites for hydroxylation is 1. The maximum absolute atomic E-state index is 12.8. The molecular formula is C16H20ClNO. The summed E-state index contributed by atoms with van der Waals surface area (Å²) in [6.45, 7) is 2.86. The molecule has 0 N–H and O–H groups in total. The molecule has 1 spiro atoms. The van der Waals surface area contributed by atoms with Crippen LogP contribution in [0.3, 0.4) is 0 Å². The van der Waals surface area contributed by atoms with Crippen LogP contribution < -0.4 is 4.90 Å². The van der Waals surface area contributed by atoms with E-state index in [9.17, 15) is 4.79 Å². The van der Waals surface area contributed by atoms with E-state index < -0.39 is 0 Å². The van der Waals surface area contributed by atoms with Gasteiger partial charge in [-0.15, -0.1) is 0 Å². The summed E-state index contributed by atoms with van der Waals surface area (Å²) in [7, 11) is 0. The van der Waals surface area contributed by atoms with Crippen LogP contribution in [0.25, 0.3) is 0 Å². The number of hydrogen-bond donors (Lipinski definition) is 0. The molecule has 1 saturated carbocycles. The molecule has 1 aromatic carbocycles. The van der Waals surface area contributed by atoms with Gasteiger partial charge >= 0.3 is 0 Å². The minimum atomic E-state index is -0.0781. The second-order valence-corrected chi connectivity index (χ2v) is 6.41. The number of nitrogens with zero attached hydrogens (tertiary/aromatic N) is 1. The normalized spacial score (nSPS) is 22.2. The van der Waals surface area contributed by atoms with Crippen LogP contribution in [0.1, 0.15) is 44.1 Å². The van der Waals surface area contributed by atoms with Crippen molar-refractivity contribution >= 4 is 23.2 Å². The molecule has 2 aliphatic rings. The van der Waals surface area contributed by atoms with Crippen molar-refractivity contribution in [2.24, 2.45) is 5.41 Å². The third-order valence-corrected chi connectivity index (χ3v) is 5.04. The van der Waals surface area contributed by atoms with E-state index in [1.54, 1.807) is 0 Å². The first-order chi connectivity index (χ1) is 9.12. The zero-order valence-corrected chi connectivity index (χ0v) is 12.2. The molecule has 3 rings (SSSR count). The quantitative estimate of drug-likeness (QED) is 0.748. The highest BCUT2D eigenvalue weighted by Gasteiger charge is 2.47. The number of amides is 1. The molecular weight excluding hydrogens is 258 g/mol. The maximum atomic E-state index is 12.8. The molecule has 102 valence electrons. The van der Waals surface area contributed by atoms with Crippen LogP contribution in [0.15, 0.2) is 18.2 Å². The molecule has 0 bridgehead atoms. The lowest BCUT2D eigenvalue weighted by atomic mass is 9.73. The van der Waals surface area contributed by atoms with E-state index >= 15 is 0 Å². The van der Waals surface area contributed by atoms with Crippen molar-refractivity contribution in [3.8, 4) is 0 Å². The number of rotatable bonds is 1. The zero-order valence-electron chi connectivity index (χ0n) is 11.4. The highest BCUT2D eigenvalue weighted by Crippen LogP contribution is 2.46. The Labute approximate surface area is 119 Å². The van der Waals surface area contributed by atoms with Gasteiger partial charge in [-0.2, -0.15) is 0 Å². The Hall–Kier alpha value is -1.02. The summed E-state index contributed by atoms with van der Waals surface area (Å²) in [6, 6.07) is 5.91. The second kappa shape index (κ2) is 4.82. The molecule has 0 atom stereocenters. The molecule has 1 aliphatic carbocycles. The molecule has 1 heterocycles. The fraction of sp³-hybridized carbons (Fsp3) is 0.562. The number of hydrogen-bond acceptors (Lipinski definition) is 1. The Morgan fingerprint density at radius 1 is 1.16 bits per heavy atom. The van der Waals surface area contributed by atoms with Crippen LogP contribution in [0.2, 0.25) is 5.02 Å². The molecule has 1 aliphatic heterocycles. The lowest BCUT2D eigenvalue weighted by Crippen LogP contribution is -2.36. The monoisotopic (exact) mass is 277 g/mol. The summed E-state index contributed by atoms with van der Waals surface area (Å²) in [5.74, 6) is 0.305. The van der Waals surface area contributed by atoms with Crippen LogP contribution in [-0.2, 0) is 4.79 Å². The van der Waals surface area contributed by atoms with E-state index in [4.69, 9.17) is 11.6 Å². The number of benzene rings is 1. The van der Waals surface area contributed by atoms with Gasteiger partial charge in [0.1, 0.15) is 0 Å². The maximum Gasteiger partial charge on any atom is 0.233 e. The predicted octanol–water partition coefficient (Wildman–Crippen LogP) is 4.34. The fourth-order valence-electron chi connectivity index (χ4n) is 3.57. The van der Waals surface area contributed by atoms with Gasteiger partial charge in [-0.1, -0.05) is 36.9 Å². The van der Waals surface area contributed by atoms with E-state index in [0.717, 1.165) is 37.1 Å². The van der Waals surface area contributed by atoms with Gasteiger partial charge in [0.25, 0.3) is 0 Å². The lowest BCUT2D eigenvalue weighted by Gasteiger charge is -2.31. The Kier molecular flexibility index (Phi) is 3.30. The van der Waals surface area contributed by atoms with E-state index in [0.29, 0.717) is 10.9 Å². The van der Waals surface area contributed by atoms with Gasteiger partial charge < -0.3 is 4.90 Å². The Balaban J connectivity index is 1.91. The average Bonchev–Trinajstić information content (AvgIpc) is 2.71. The largest absolute Gasteiger partial charge is 0.310 e. The van der Waals surface area contributed by atoms with Crippen LogP contribution in [0.4, 0.5) is 5.69 Å². The minimum absolute atomic E-state index is 0.0781. The third kappa shape index (κ3) is 2.16. The van der Waals surface area contributed by atoms with Gasteiger partial charge in [-0.3, -0.25) is 4.79 Å². The number of carbonyl (C=O) groups excluding carboxylic acids is 1. The van der Waals surface area contributed by atoms with Crippen LogP contribution in [0, 0.1) is 12.3 Å². The van der Waals surface area contributed by atoms with Crippen LogP contribution in [0.5, 0.6) is 0 Å². The Bertz CT molecular complexity index is 505. The summed E-state index contributed by atoms with van der Waals surface area (Å²) in [5.41, 5.74) is 1.97. The van der Waals surface area contributed by atoms with Crippen LogP contribution in [-0.4, -0.2) is 12.5 Å². The number of halogens is 1. The first-order valence-corrected chi connectivity index (χ1v) is 7.58. The summed E-state index contributed by atoms with van der Waals surface area (Å²) >= 11 is 6.28. The molecule has 1 saturated heterocycles. The molecule has 1 aromatic rings. The molecule has 0 aromatic heterocycles. The minimum Gasteiger partial charge on any atom is -0.310 e. The molecule has 1 amide bonds. The van der Waals surface area contributed by atoms with Crippen molar-refractivity contribution in [1.29, 1.82) is 0 Å². The van der Waals surface area contributed by atoms with Gasteiger partial charge in [0.2, 0.25) is 5.91 Å². The van der Waals surface area contributed by atoms with Crippen molar-refractivity contribution < 1.29 is 4.79 Å². The molecule has 2 fully saturated rings. The Morgan fingerprint density at radius 2 is 1.89 bits per heavy atom. The summed E-state index contributed by atoms with van der Waals surface area (Å²) in [4.78, 5) is 14.7. The molecule has 0 unspecified atom stereocenters. The van der Waals surface area contributed by atoms with Gasteiger partial charge in [0.15, 0.2) is 0 Å². The van der Waals surface area contributed by atoms with Gasteiger partial charge in [0.05, 0.1) is 16.1 Å². The zero-order chi connectivity index (χ0) is 13.5. The van der Waals surface area contributed by atoms with Crippen molar-refractivity contribution in [3.05, 3.63) is 28.8 Å².